The zero-order valence-corrected chi connectivity index (χ0v) is 19.7. The van der Waals surface area contributed by atoms with Crippen LogP contribution in [0, 0.1) is 13.8 Å². The number of rotatable bonds is 8. The van der Waals surface area contributed by atoms with Gasteiger partial charge in [0.1, 0.15) is 0 Å². The number of aromatic amines is 1. The van der Waals surface area contributed by atoms with Crippen LogP contribution in [-0.2, 0) is 6.54 Å². The normalized spacial score (nSPS) is 11.1. The number of H-pyrrole nitrogens is 1. The molecule has 0 aliphatic heterocycles. The van der Waals surface area contributed by atoms with E-state index in [4.69, 9.17) is 12.2 Å². The maximum atomic E-state index is 12.8. The lowest BCUT2D eigenvalue weighted by molar-refractivity contribution is 0.266. The van der Waals surface area contributed by atoms with Crippen molar-refractivity contribution in [1.82, 2.24) is 14.8 Å². The van der Waals surface area contributed by atoms with Crippen molar-refractivity contribution < 1.29 is 0 Å². The second kappa shape index (κ2) is 10.6. The number of nitrogens with one attached hydrogen (secondary N) is 2. The van der Waals surface area contributed by atoms with Gasteiger partial charge in [0.05, 0.1) is 6.54 Å². The van der Waals surface area contributed by atoms with Crippen LogP contribution in [0.25, 0.3) is 10.9 Å². The molecule has 0 saturated heterocycles. The van der Waals surface area contributed by atoms with Crippen molar-refractivity contribution in [3.05, 3.63) is 75.6 Å². The summed E-state index contributed by atoms with van der Waals surface area (Å²) in [4.78, 5) is 20.2. The molecule has 3 rings (SSSR count). The number of nitrogens with zero attached hydrogens (tertiary/aromatic N) is 2. The first-order valence-electron chi connectivity index (χ1n) is 10.9. The average molecular weight is 437 g/mol. The highest BCUT2D eigenvalue weighted by atomic mass is 32.1. The van der Waals surface area contributed by atoms with E-state index in [1.165, 1.54) is 11.1 Å². The molecule has 2 aromatic carbocycles. The number of thiocarbonyl (C=S) groups is 1. The van der Waals surface area contributed by atoms with Crippen molar-refractivity contribution in [1.29, 1.82) is 0 Å². The fourth-order valence-electron chi connectivity index (χ4n) is 3.67. The minimum atomic E-state index is -0.0671. The number of hydrogen-bond acceptors (Lipinski definition) is 3. The molecule has 0 radical (unpaired) electrons. The van der Waals surface area contributed by atoms with Crippen LogP contribution in [0.1, 0.15) is 30.5 Å². The molecular weight excluding hydrogens is 404 g/mol. The predicted octanol–water partition coefficient (Wildman–Crippen LogP) is 4.69. The van der Waals surface area contributed by atoms with Crippen molar-refractivity contribution in [2.24, 2.45) is 0 Å². The molecule has 0 amide bonds. The van der Waals surface area contributed by atoms with Crippen molar-refractivity contribution >= 4 is 33.9 Å². The number of pyridine rings is 1. The first-order chi connectivity index (χ1) is 14.9. The number of anilines is 1. The fraction of sp³-hybridized carbons (Fsp3) is 0.360. The molecule has 1 heterocycles. The SMILES string of the molecule is CCN(CC)CCN(Cc1cc2cc(C)ccc2[nH]c1=O)C(=S)Nc1cccc(C)c1. The van der Waals surface area contributed by atoms with E-state index < -0.39 is 0 Å². The molecule has 0 fully saturated rings. The van der Waals surface area contributed by atoms with Crippen LogP contribution in [0.3, 0.4) is 0 Å². The van der Waals surface area contributed by atoms with E-state index in [0.29, 0.717) is 17.2 Å². The maximum Gasteiger partial charge on any atom is 0.253 e. The van der Waals surface area contributed by atoms with E-state index in [0.717, 1.165) is 42.8 Å². The second-order valence-electron chi connectivity index (χ2n) is 7.96. The standard InChI is InChI=1S/C25H32N4OS/c1-5-28(6-2)12-13-29(25(31)26-22-9-7-8-18(3)15-22)17-21-16-20-14-19(4)10-11-23(20)27-24(21)30/h7-11,14-16H,5-6,12-13,17H2,1-4H3,(H,26,31)(H,27,30). The Morgan fingerprint density at radius 3 is 2.45 bits per heavy atom. The van der Waals surface area contributed by atoms with E-state index in [2.05, 4.69) is 66.0 Å². The minimum absolute atomic E-state index is 0.0671. The number of aromatic nitrogens is 1. The average Bonchev–Trinajstić information content (AvgIpc) is 2.74. The van der Waals surface area contributed by atoms with E-state index in [9.17, 15) is 4.79 Å². The number of benzene rings is 2. The van der Waals surface area contributed by atoms with Crippen LogP contribution in [0.4, 0.5) is 5.69 Å². The Hall–Kier alpha value is -2.70. The molecule has 0 bridgehead atoms. The maximum absolute atomic E-state index is 12.8. The van der Waals surface area contributed by atoms with Crippen LogP contribution >= 0.6 is 12.2 Å². The first-order valence-corrected chi connectivity index (χ1v) is 11.3. The van der Waals surface area contributed by atoms with Crippen LogP contribution < -0.4 is 10.9 Å². The first kappa shape index (κ1) is 23.0. The smallest absolute Gasteiger partial charge is 0.253 e. The zero-order chi connectivity index (χ0) is 22.4. The molecule has 6 heteroatoms. The van der Waals surface area contributed by atoms with Gasteiger partial charge in [-0.1, -0.05) is 37.6 Å². The van der Waals surface area contributed by atoms with Crippen LogP contribution in [0.15, 0.2) is 53.3 Å². The Morgan fingerprint density at radius 2 is 1.74 bits per heavy atom. The monoisotopic (exact) mass is 436 g/mol. The van der Waals surface area contributed by atoms with Gasteiger partial charge >= 0.3 is 0 Å². The topological polar surface area (TPSA) is 51.4 Å². The van der Waals surface area contributed by atoms with Crippen molar-refractivity contribution in [2.75, 3.05) is 31.5 Å². The molecule has 31 heavy (non-hydrogen) atoms. The third kappa shape index (κ3) is 6.15. The molecular formula is C25H32N4OS. The number of likely N-dealkylation sites (N-methyl/N-ethyl adjacent to an activating group) is 1. The Kier molecular flexibility index (Phi) is 7.82. The third-order valence-corrected chi connectivity index (χ3v) is 5.94. The van der Waals surface area contributed by atoms with Gasteiger partial charge in [0.15, 0.2) is 5.11 Å². The lowest BCUT2D eigenvalue weighted by Crippen LogP contribution is -2.41. The van der Waals surface area contributed by atoms with Crippen molar-refractivity contribution in [3.63, 3.8) is 0 Å². The second-order valence-corrected chi connectivity index (χ2v) is 8.35. The molecule has 0 saturated carbocycles. The van der Waals surface area contributed by atoms with Crippen LogP contribution in [0.2, 0.25) is 0 Å². The van der Waals surface area contributed by atoms with E-state index >= 15 is 0 Å². The van der Waals surface area contributed by atoms with Gasteiger partial charge in [-0.25, -0.2) is 0 Å². The summed E-state index contributed by atoms with van der Waals surface area (Å²) in [7, 11) is 0. The lowest BCUT2D eigenvalue weighted by atomic mass is 10.1. The minimum Gasteiger partial charge on any atom is -0.343 e. The Labute approximate surface area is 190 Å². The fourth-order valence-corrected chi connectivity index (χ4v) is 3.95. The highest BCUT2D eigenvalue weighted by Crippen LogP contribution is 2.16. The third-order valence-electron chi connectivity index (χ3n) is 5.57. The molecule has 0 spiro atoms. The summed E-state index contributed by atoms with van der Waals surface area (Å²) in [5.41, 5.74) is 4.80. The Morgan fingerprint density at radius 1 is 1.00 bits per heavy atom. The summed E-state index contributed by atoms with van der Waals surface area (Å²) in [5, 5.41) is 5.02. The van der Waals surface area contributed by atoms with Gasteiger partial charge in [-0.2, -0.15) is 0 Å². The van der Waals surface area contributed by atoms with Gasteiger partial charge in [-0.05, 0) is 80.4 Å². The summed E-state index contributed by atoms with van der Waals surface area (Å²) in [6.07, 6.45) is 0. The molecule has 5 nitrogen and oxygen atoms in total. The number of aryl methyl sites for hydroxylation is 2. The van der Waals surface area contributed by atoms with Gasteiger partial charge in [0, 0.05) is 29.9 Å². The van der Waals surface area contributed by atoms with Crippen molar-refractivity contribution in [2.45, 2.75) is 34.2 Å². The molecule has 0 aliphatic rings. The van der Waals surface area contributed by atoms with E-state index in [1.54, 1.807) is 0 Å². The molecule has 0 aliphatic carbocycles. The van der Waals surface area contributed by atoms with Crippen LogP contribution in [0.5, 0.6) is 0 Å². The largest absolute Gasteiger partial charge is 0.343 e. The molecule has 0 unspecified atom stereocenters. The van der Waals surface area contributed by atoms with Gasteiger partial charge < -0.3 is 20.1 Å². The Balaban J connectivity index is 1.86. The molecule has 0 atom stereocenters. The molecule has 164 valence electrons. The summed E-state index contributed by atoms with van der Waals surface area (Å²) >= 11 is 5.77. The summed E-state index contributed by atoms with van der Waals surface area (Å²) in [6, 6.07) is 16.2. The summed E-state index contributed by atoms with van der Waals surface area (Å²) < 4.78 is 0. The number of hydrogen-bond donors (Lipinski definition) is 2. The van der Waals surface area contributed by atoms with Gasteiger partial charge in [-0.15, -0.1) is 0 Å². The van der Waals surface area contributed by atoms with Gasteiger partial charge in [0.2, 0.25) is 0 Å². The number of fused-ring (bicyclic) bond motifs is 1. The summed E-state index contributed by atoms with van der Waals surface area (Å²) in [6.45, 7) is 12.5. The zero-order valence-electron chi connectivity index (χ0n) is 18.9. The Bertz CT molecular complexity index is 1100. The molecule has 3 aromatic rings. The summed E-state index contributed by atoms with van der Waals surface area (Å²) in [5.74, 6) is 0. The van der Waals surface area contributed by atoms with E-state index in [-0.39, 0.29) is 5.56 Å². The lowest BCUT2D eigenvalue weighted by Gasteiger charge is -2.29. The molecule has 1 aromatic heterocycles. The highest BCUT2D eigenvalue weighted by Gasteiger charge is 2.15. The molecule has 2 N–H and O–H groups in total. The quantitative estimate of drug-likeness (QED) is 0.502. The van der Waals surface area contributed by atoms with Gasteiger partial charge in [0.25, 0.3) is 5.56 Å². The predicted molar refractivity (Wildman–Crippen MR) is 135 cm³/mol. The van der Waals surface area contributed by atoms with E-state index in [1.807, 2.05) is 30.3 Å². The highest BCUT2D eigenvalue weighted by molar-refractivity contribution is 7.80. The van der Waals surface area contributed by atoms with Crippen LogP contribution in [-0.4, -0.2) is 46.1 Å². The van der Waals surface area contributed by atoms with Gasteiger partial charge in [-0.3, -0.25) is 4.79 Å². The van der Waals surface area contributed by atoms with Crippen molar-refractivity contribution in [3.8, 4) is 0 Å².